The number of hydrogen-bond acceptors (Lipinski definition) is 7. The highest BCUT2D eigenvalue weighted by molar-refractivity contribution is 7.15. The number of benzene rings is 2. The van der Waals surface area contributed by atoms with Crippen molar-refractivity contribution in [3.05, 3.63) is 62.9 Å². The maximum atomic E-state index is 12.8. The van der Waals surface area contributed by atoms with Crippen molar-refractivity contribution >= 4 is 22.4 Å². The topological polar surface area (TPSA) is 75.0 Å². The SMILES string of the molecule is CCCOc1ccc(-c2nc3s/c(=C/c4ccc(OCC)c(OC)c4)c(=O)n3n2)cc1. The second kappa shape index (κ2) is 9.18. The van der Waals surface area contributed by atoms with Crippen molar-refractivity contribution in [1.29, 1.82) is 0 Å². The van der Waals surface area contributed by atoms with Crippen LogP contribution in [0.15, 0.2) is 47.3 Å². The number of methoxy groups -OCH3 is 1. The van der Waals surface area contributed by atoms with Gasteiger partial charge in [0.1, 0.15) is 5.75 Å². The van der Waals surface area contributed by atoms with Crippen LogP contribution in [0.1, 0.15) is 25.8 Å². The largest absolute Gasteiger partial charge is 0.494 e. The fourth-order valence-corrected chi connectivity index (χ4v) is 3.98. The van der Waals surface area contributed by atoms with Gasteiger partial charge in [0.25, 0.3) is 5.56 Å². The number of fused-ring (bicyclic) bond motifs is 1. The number of nitrogens with zero attached hydrogens (tertiary/aromatic N) is 3. The molecule has 0 atom stereocenters. The van der Waals surface area contributed by atoms with Crippen molar-refractivity contribution in [3.8, 4) is 28.6 Å². The summed E-state index contributed by atoms with van der Waals surface area (Å²) < 4.78 is 18.4. The third-order valence-corrected chi connectivity index (χ3v) is 5.51. The minimum Gasteiger partial charge on any atom is -0.494 e. The van der Waals surface area contributed by atoms with E-state index in [4.69, 9.17) is 14.2 Å². The molecule has 0 N–H and O–H groups in total. The molecular formula is C23H23N3O4S. The molecule has 0 saturated heterocycles. The highest BCUT2D eigenvalue weighted by Crippen LogP contribution is 2.28. The van der Waals surface area contributed by atoms with Crippen molar-refractivity contribution in [2.45, 2.75) is 20.3 Å². The standard InChI is InChI=1S/C23H23N3O4S/c1-4-12-30-17-9-7-16(8-10-17)21-24-23-26(25-21)22(27)20(31-23)14-15-6-11-18(29-5-2)19(13-15)28-3/h6-11,13-14H,4-5,12H2,1-3H3/b20-14+. The molecular weight excluding hydrogens is 414 g/mol. The molecule has 160 valence electrons. The van der Waals surface area contributed by atoms with E-state index in [0.717, 1.165) is 23.3 Å². The smallest absolute Gasteiger partial charge is 0.291 e. The summed E-state index contributed by atoms with van der Waals surface area (Å²) >= 11 is 1.30. The molecule has 8 heteroatoms. The average Bonchev–Trinajstić information content (AvgIpc) is 3.33. The van der Waals surface area contributed by atoms with E-state index < -0.39 is 0 Å². The molecule has 31 heavy (non-hydrogen) atoms. The predicted molar refractivity (Wildman–Crippen MR) is 121 cm³/mol. The van der Waals surface area contributed by atoms with E-state index in [-0.39, 0.29) is 5.56 Å². The molecule has 0 radical (unpaired) electrons. The number of thiazole rings is 1. The van der Waals surface area contributed by atoms with Crippen LogP contribution in [0.3, 0.4) is 0 Å². The van der Waals surface area contributed by atoms with Crippen molar-refractivity contribution in [3.63, 3.8) is 0 Å². The summed E-state index contributed by atoms with van der Waals surface area (Å²) in [6, 6.07) is 13.1. The van der Waals surface area contributed by atoms with Crippen LogP contribution in [0.2, 0.25) is 0 Å². The van der Waals surface area contributed by atoms with Gasteiger partial charge >= 0.3 is 0 Å². The van der Waals surface area contributed by atoms with Gasteiger partial charge in [-0.2, -0.15) is 9.50 Å². The lowest BCUT2D eigenvalue weighted by Crippen LogP contribution is -2.23. The summed E-state index contributed by atoms with van der Waals surface area (Å²) in [5, 5.41) is 4.41. The maximum absolute atomic E-state index is 12.8. The Labute approximate surface area is 183 Å². The zero-order chi connectivity index (χ0) is 21.8. The van der Waals surface area contributed by atoms with E-state index in [9.17, 15) is 4.79 Å². The first-order valence-corrected chi connectivity index (χ1v) is 10.9. The van der Waals surface area contributed by atoms with Gasteiger partial charge in [0.15, 0.2) is 17.3 Å². The number of ether oxygens (including phenoxy) is 3. The minimum absolute atomic E-state index is 0.200. The lowest BCUT2D eigenvalue weighted by Gasteiger charge is -2.09. The Morgan fingerprint density at radius 1 is 1.06 bits per heavy atom. The lowest BCUT2D eigenvalue weighted by molar-refractivity contribution is 0.311. The predicted octanol–water partition coefficient (Wildman–Crippen LogP) is 3.56. The van der Waals surface area contributed by atoms with E-state index in [1.165, 1.54) is 15.9 Å². The van der Waals surface area contributed by atoms with E-state index in [1.807, 2.05) is 49.4 Å². The van der Waals surface area contributed by atoms with Gasteiger partial charge in [-0.1, -0.05) is 24.3 Å². The quantitative estimate of drug-likeness (QED) is 0.420. The molecule has 0 saturated carbocycles. The molecule has 2 aromatic carbocycles. The Morgan fingerprint density at radius 2 is 1.87 bits per heavy atom. The molecule has 0 fully saturated rings. The van der Waals surface area contributed by atoms with Gasteiger partial charge in [-0.3, -0.25) is 4.79 Å². The second-order valence-corrected chi connectivity index (χ2v) is 7.77. The average molecular weight is 438 g/mol. The first-order valence-electron chi connectivity index (χ1n) is 10.1. The molecule has 4 aromatic rings. The number of aromatic nitrogens is 3. The Kier molecular flexibility index (Phi) is 6.18. The first kappa shape index (κ1) is 20.9. The Morgan fingerprint density at radius 3 is 2.55 bits per heavy atom. The summed E-state index contributed by atoms with van der Waals surface area (Å²) in [4.78, 5) is 17.9. The highest BCUT2D eigenvalue weighted by atomic mass is 32.1. The van der Waals surface area contributed by atoms with E-state index in [1.54, 1.807) is 13.2 Å². The van der Waals surface area contributed by atoms with Crippen LogP contribution >= 0.6 is 11.3 Å². The van der Waals surface area contributed by atoms with Crippen LogP contribution in [0, 0.1) is 0 Å². The summed E-state index contributed by atoms with van der Waals surface area (Å²) in [6.45, 7) is 5.21. The summed E-state index contributed by atoms with van der Waals surface area (Å²) in [5.41, 5.74) is 1.47. The van der Waals surface area contributed by atoms with Crippen LogP contribution in [-0.4, -0.2) is 34.9 Å². The molecule has 0 aliphatic rings. The van der Waals surface area contributed by atoms with Gasteiger partial charge in [-0.05, 0) is 61.4 Å². The van der Waals surface area contributed by atoms with Crippen molar-refractivity contribution in [2.24, 2.45) is 0 Å². The first-order chi connectivity index (χ1) is 15.1. The van der Waals surface area contributed by atoms with Gasteiger partial charge in [0, 0.05) is 5.56 Å². The Bertz CT molecular complexity index is 1300. The van der Waals surface area contributed by atoms with Crippen molar-refractivity contribution in [2.75, 3.05) is 20.3 Å². The third-order valence-electron chi connectivity index (χ3n) is 4.55. The van der Waals surface area contributed by atoms with Gasteiger partial charge < -0.3 is 14.2 Å². The molecule has 0 aliphatic heterocycles. The Balaban J connectivity index is 1.64. The molecule has 2 heterocycles. The fraction of sp³-hybridized carbons (Fsp3) is 0.261. The van der Waals surface area contributed by atoms with Crippen LogP contribution in [0.4, 0.5) is 0 Å². The Hall–Kier alpha value is -3.39. The third kappa shape index (κ3) is 4.39. The number of hydrogen-bond donors (Lipinski definition) is 0. The van der Waals surface area contributed by atoms with Crippen molar-refractivity contribution in [1.82, 2.24) is 14.6 Å². The number of rotatable bonds is 8. The molecule has 7 nitrogen and oxygen atoms in total. The summed E-state index contributed by atoms with van der Waals surface area (Å²) in [7, 11) is 1.59. The molecule has 0 unspecified atom stereocenters. The highest BCUT2D eigenvalue weighted by Gasteiger charge is 2.12. The van der Waals surface area contributed by atoms with Crippen molar-refractivity contribution < 1.29 is 14.2 Å². The molecule has 0 amide bonds. The van der Waals surface area contributed by atoms with Crippen LogP contribution in [0.25, 0.3) is 22.4 Å². The molecule has 2 aromatic heterocycles. The van der Waals surface area contributed by atoms with Crippen LogP contribution in [-0.2, 0) is 0 Å². The van der Waals surface area contributed by atoms with Gasteiger partial charge in [-0.15, -0.1) is 5.10 Å². The summed E-state index contributed by atoms with van der Waals surface area (Å²) in [6.07, 6.45) is 2.76. The zero-order valence-corrected chi connectivity index (χ0v) is 18.4. The monoisotopic (exact) mass is 437 g/mol. The van der Waals surface area contributed by atoms with Gasteiger partial charge in [0.2, 0.25) is 4.96 Å². The lowest BCUT2D eigenvalue weighted by atomic mass is 10.2. The molecule has 0 aliphatic carbocycles. The van der Waals surface area contributed by atoms with E-state index >= 15 is 0 Å². The maximum Gasteiger partial charge on any atom is 0.291 e. The van der Waals surface area contributed by atoms with Gasteiger partial charge in [0.05, 0.1) is 24.9 Å². The molecule has 0 bridgehead atoms. The van der Waals surface area contributed by atoms with E-state index in [0.29, 0.717) is 40.0 Å². The van der Waals surface area contributed by atoms with Crippen LogP contribution in [0.5, 0.6) is 17.2 Å². The second-order valence-electron chi connectivity index (χ2n) is 6.76. The summed E-state index contributed by atoms with van der Waals surface area (Å²) in [5.74, 6) is 2.61. The van der Waals surface area contributed by atoms with Gasteiger partial charge in [-0.25, -0.2) is 0 Å². The molecule has 0 spiro atoms. The zero-order valence-electron chi connectivity index (χ0n) is 17.6. The van der Waals surface area contributed by atoms with Crippen LogP contribution < -0.4 is 24.3 Å². The minimum atomic E-state index is -0.200. The molecule has 4 rings (SSSR count). The van der Waals surface area contributed by atoms with E-state index in [2.05, 4.69) is 17.0 Å². The normalized spacial score (nSPS) is 11.8. The fourth-order valence-electron chi connectivity index (χ4n) is 3.08.